The first-order valence-corrected chi connectivity index (χ1v) is 6.09. The summed E-state index contributed by atoms with van der Waals surface area (Å²) in [6.45, 7) is 3.51. The lowest BCUT2D eigenvalue weighted by Gasteiger charge is -2.46. The summed E-state index contributed by atoms with van der Waals surface area (Å²) >= 11 is 5.66. The summed E-state index contributed by atoms with van der Waals surface area (Å²) < 4.78 is 0. The molecule has 15 heavy (non-hydrogen) atoms. The molecule has 0 aliphatic heterocycles. The summed E-state index contributed by atoms with van der Waals surface area (Å²) in [6, 6.07) is 0.403. The summed E-state index contributed by atoms with van der Waals surface area (Å²) in [5, 5.41) is 0.138. The molecule has 2 bridgehead atoms. The second kappa shape index (κ2) is 4.17. The Labute approximate surface area is 96.3 Å². The number of hydrogen-bond acceptors (Lipinski definition) is 1. The summed E-state index contributed by atoms with van der Waals surface area (Å²) in [6.07, 6.45) is 6.43. The van der Waals surface area contributed by atoms with Gasteiger partial charge in [0.2, 0.25) is 0 Å². The Kier molecular flexibility index (Phi) is 3.06. The van der Waals surface area contributed by atoms with Gasteiger partial charge in [-0.1, -0.05) is 31.0 Å². The highest BCUT2D eigenvalue weighted by Crippen LogP contribution is 2.43. The summed E-state index contributed by atoms with van der Waals surface area (Å²) in [5.74, 6) is 1.42. The zero-order valence-electron chi connectivity index (χ0n) is 9.21. The zero-order valence-corrected chi connectivity index (χ0v) is 9.96. The van der Waals surface area contributed by atoms with Crippen molar-refractivity contribution >= 4 is 17.5 Å². The smallest absolute Gasteiger partial charge is 0.264 e. The monoisotopic (exact) mass is 227 g/mol. The molecule has 0 aromatic heterocycles. The highest BCUT2D eigenvalue weighted by atomic mass is 35.5. The predicted molar refractivity (Wildman–Crippen MR) is 61.6 cm³/mol. The molecule has 1 unspecified atom stereocenters. The molecule has 1 amide bonds. The Hall–Kier alpha value is -0.500. The third kappa shape index (κ3) is 2.05. The molecule has 0 saturated heterocycles. The molecule has 3 fully saturated rings. The van der Waals surface area contributed by atoms with Crippen LogP contribution in [0.25, 0.3) is 0 Å². The van der Waals surface area contributed by atoms with E-state index in [4.69, 9.17) is 11.6 Å². The molecular formula is C12H18ClNO. The average Bonchev–Trinajstić information content (AvgIpc) is 2.28. The van der Waals surface area contributed by atoms with Gasteiger partial charge in [-0.15, -0.1) is 0 Å². The second-order valence-electron chi connectivity index (χ2n) is 4.90. The number of halogens is 1. The quantitative estimate of drug-likeness (QED) is 0.665. The molecule has 3 heteroatoms. The molecular weight excluding hydrogens is 210 g/mol. The number of carbonyl (C=O) groups excluding carboxylic acids is 1. The normalized spacial score (nSPS) is 33.9. The molecule has 3 aliphatic rings. The van der Waals surface area contributed by atoms with E-state index in [0.717, 1.165) is 12.3 Å². The van der Waals surface area contributed by atoms with E-state index in [2.05, 4.69) is 6.58 Å². The van der Waals surface area contributed by atoms with Crippen LogP contribution in [0, 0.1) is 11.8 Å². The van der Waals surface area contributed by atoms with E-state index in [0.29, 0.717) is 12.0 Å². The van der Waals surface area contributed by atoms with Gasteiger partial charge in [-0.2, -0.15) is 0 Å². The second-order valence-corrected chi connectivity index (χ2v) is 5.36. The van der Waals surface area contributed by atoms with Crippen LogP contribution in [-0.2, 0) is 4.79 Å². The fourth-order valence-electron chi connectivity index (χ4n) is 3.16. The Balaban J connectivity index is 2.04. The van der Waals surface area contributed by atoms with E-state index < -0.39 is 0 Å². The Morgan fingerprint density at radius 3 is 2.33 bits per heavy atom. The topological polar surface area (TPSA) is 20.3 Å². The van der Waals surface area contributed by atoms with Crippen LogP contribution in [0.15, 0.2) is 11.6 Å². The van der Waals surface area contributed by atoms with Crippen LogP contribution >= 0.6 is 11.6 Å². The third-order valence-electron chi connectivity index (χ3n) is 4.06. The van der Waals surface area contributed by atoms with Gasteiger partial charge >= 0.3 is 0 Å². The maximum atomic E-state index is 11.7. The van der Waals surface area contributed by atoms with Gasteiger partial charge in [-0.3, -0.25) is 4.79 Å². The maximum absolute atomic E-state index is 11.7. The molecule has 3 aliphatic carbocycles. The third-order valence-corrected chi connectivity index (χ3v) is 4.22. The van der Waals surface area contributed by atoms with Crippen molar-refractivity contribution in [2.45, 2.75) is 38.1 Å². The van der Waals surface area contributed by atoms with Gasteiger partial charge in [0, 0.05) is 13.1 Å². The Morgan fingerprint density at radius 1 is 1.33 bits per heavy atom. The minimum absolute atomic E-state index is 0.103. The van der Waals surface area contributed by atoms with Gasteiger partial charge in [0.05, 0.1) is 5.03 Å². The number of carbonyl (C=O) groups is 1. The number of hydrogen-bond donors (Lipinski definition) is 0. The first-order chi connectivity index (χ1) is 7.09. The van der Waals surface area contributed by atoms with Gasteiger partial charge in [0.1, 0.15) is 0 Å². The molecule has 3 saturated carbocycles. The van der Waals surface area contributed by atoms with Gasteiger partial charge in [0.25, 0.3) is 5.91 Å². The van der Waals surface area contributed by atoms with Crippen molar-refractivity contribution in [2.75, 3.05) is 7.05 Å². The average molecular weight is 228 g/mol. The van der Waals surface area contributed by atoms with Crippen LogP contribution in [0.5, 0.6) is 0 Å². The molecule has 0 radical (unpaired) electrons. The fourth-order valence-corrected chi connectivity index (χ4v) is 3.29. The summed E-state index contributed by atoms with van der Waals surface area (Å²) in [7, 11) is 1.86. The van der Waals surface area contributed by atoms with Gasteiger partial charge in [-0.25, -0.2) is 0 Å². The highest BCUT2D eigenvalue weighted by Gasteiger charge is 2.39. The molecule has 0 heterocycles. The molecule has 1 atom stereocenters. The molecule has 0 aromatic rings. The minimum atomic E-state index is -0.103. The molecule has 0 spiro atoms. The van der Waals surface area contributed by atoms with Crippen LogP contribution in [-0.4, -0.2) is 23.9 Å². The standard InChI is InChI=1S/C12H18ClNO/c1-8(13)12(15)14(2)11-7-9-3-5-10(11)6-4-9/h9-11H,1,3-7H2,2H3. The Bertz CT molecular complexity index is 281. The van der Waals surface area contributed by atoms with Gasteiger partial charge < -0.3 is 4.90 Å². The van der Waals surface area contributed by atoms with Crippen molar-refractivity contribution < 1.29 is 4.79 Å². The van der Waals surface area contributed by atoms with Crippen molar-refractivity contribution in [3.63, 3.8) is 0 Å². The molecule has 84 valence electrons. The van der Waals surface area contributed by atoms with E-state index >= 15 is 0 Å². The number of rotatable bonds is 2. The van der Waals surface area contributed by atoms with Crippen molar-refractivity contribution in [1.29, 1.82) is 0 Å². The lowest BCUT2D eigenvalue weighted by Crippen LogP contribution is -2.48. The maximum Gasteiger partial charge on any atom is 0.264 e. The van der Waals surface area contributed by atoms with Gasteiger partial charge in [0.15, 0.2) is 0 Å². The van der Waals surface area contributed by atoms with Crippen molar-refractivity contribution in [3.05, 3.63) is 11.6 Å². The number of amides is 1. The van der Waals surface area contributed by atoms with Crippen LogP contribution in [0.3, 0.4) is 0 Å². The van der Waals surface area contributed by atoms with Gasteiger partial charge in [-0.05, 0) is 31.1 Å². The summed E-state index contributed by atoms with van der Waals surface area (Å²) in [5.41, 5.74) is 0. The number of fused-ring (bicyclic) bond motifs is 3. The van der Waals surface area contributed by atoms with Crippen LogP contribution < -0.4 is 0 Å². The molecule has 3 rings (SSSR count). The molecule has 0 N–H and O–H groups in total. The predicted octanol–water partition coefficient (Wildman–Crippen LogP) is 2.78. The van der Waals surface area contributed by atoms with Crippen molar-refractivity contribution in [3.8, 4) is 0 Å². The zero-order chi connectivity index (χ0) is 11.0. The van der Waals surface area contributed by atoms with E-state index in [1.165, 1.54) is 25.7 Å². The minimum Gasteiger partial charge on any atom is -0.338 e. The lowest BCUT2D eigenvalue weighted by atomic mass is 9.67. The van der Waals surface area contributed by atoms with Crippen LogP contribution in [0.1, 0.15) is 32.1 Å². The van der Waals surface area contributed by atoms with E-state index in [-0.39, 0.29) is 10.9 Å². The highest BCUT2D eigenvalue weighted by molar-refractivity contribution is 6.41. The number of nitrogens with zero attached hydrogens (tertiary/aromatic N) is 1. The van der Waals surface area contributed by atoms with Crippen LogP contribution in [0.4, 0.5) is 0 Å². The first kappa shape index (κ1) is 11.0. The van der Waals surface area contributed by atoms with E-state index in [9.17, 15) is 4.79 Å². The van der Waals surface area contributed by atoms with Crippen molar-refractivity contribution in [2.24, 2.45) is 11.8 Å². The lowest BCUT2D eigenvalue weighted by molar-refractivity contribution is -0.130. The molecule has 2 nitrogen and oxygen atoms in total. The first-order valence-electron chi connectivity index (χ1n) is 5.71. The van der Waals surface area contributed by atoms with Crippen molar-refractivity contribution in [1.82, 2.24) is 4.90 Å². The fraction of sp³-hybridized carbons (Fsp3) is 0.750. The SMILES string of the molecule is C=C(Cl)C(=O)N(C)C1CC2CCC1CC2. The summed E-state index contributed by atoms with van der Waals surface area (Å²) in [4.78, 5) is 13.5. The molecule has 0 aromatic carbocycles. The number of likely N-dealkylation sites (N-methyl/N-ethyl adjacent to an activating group) is 1. The van der Waals surface area contributed by atoms with Crippen LogP contribution in [0.2, 0.25) is 0 Å². The largest absolute Gasteiger partial charge is 0.338 e. The van der Waals surface area contributed by atoms with E-state index in [1.54, 1.807) is 0 Å². The van der Waals surface area contributed by atoms with E-state index in [1.807, 2.05) is 11.9 Å². The Morgan fingerprint density at radius 2 is 1.93 bits per heavy atom.